The van der Waals surface area contributed by atoms with Crippen molar-refractivity contribution in [3.8, 4) is 0 Å². The van der Waals surface area contributed by atoms with E-state index in [4.69, 9.17) is 4.74 Å². The number of guanidine groups is 1. The Morgan fingerprint density at radius 3 is 2.28 bits per heavy atom. The molecule has 1 aliphatic rings. The average molecular weight is 547 g/mol. The molecule has 4 N–H and O–H groups in total. The monoisotopic (exact) mass is 547 g/mol. The van der Waals surface area contributed by atoms with E-state index in [1.165, 1.54) is 0 Å². The molecule has 12 heteroatoms. The summed E-state index contributed by atoms with van der Waals surface area (Å²) in [5.41, 5.74) is -0.521. The number of rotatable bonds is 8. The van der Waals surface area contributed by atoms with Crippen molar-refractivity contribution in [1.29, 1.82) is 0 Å². The molecule has 1 heterocycles. The first kappa shape index (κ1) is 27.7. The van der Waals surface area contributed by atoms with Crippen LogP contribution in [0.5, 0.6) is 0 Å². The molecule has 0 aromatic rings. The van der Waals surface area contributed by atoms with Gasteiger partial charge in [0.1, 0.15) is 5.60 Å². The van der Waals surface area contributed by atoms with Gasteiger partial charge in [0.05, 0.1) is 11.5 Å². The molecule has 1 atom stereocenters. The molecule has 2 amide bonds. The molecular weight excluding hydrogens is 513 g/mol. The Bertz CT molecular complexity index is 664. The molecular formula is C17H34IN5O5S. The Hall–Kier alpha value is -1.31. The lowest BCUT2D eigenvalue weighted by Gasteiger charge is -2.19. The van der Waals surface area contributed by atoms with Crippen LogP contribution in [0.3, 0.4) is 0 Å². The van der Waals surface area contributed by atoms with Gasteiger partial charge in [0, 0.05) is 39.1 Å². The number of hydrogen-bond donors (Lipinski definition) is 4. The van der Waals surface area contributed by atoms with E-state index < -0.39 is 21.5 Å². The van der Waals surface area contributed by atoms with Crippen molar-refractivity contribution in [1.82, 2.24) is 21.3 Å². The number of halogens is 1. The van der Waals surface area contributed by atoms with Crippen LogP contribution in [-0.4, -0.2) is 76.2 Å². The van der Waals surface area contributed by atoms with Gasteiger partial charge in [-0.3, -0.25) is 9.79 Å². The number of ether oxygens (including phenoxy) is 1. The highest BCUT2D eigenvalue weighted by atomic mass is 127. The van der Waals surface area contributed by atoms with Crippen molar-refractivity contribution in [2.75, 3.05) is 38.2 Å². The van der Waals surface area contributed by atoms with Gasteiger partial charge in [-0.15, -0.1) is 24.0 Å². The molecule has 1 fully saturated rings. The number of amides is 2. The van der Waals surface area contributed by atoms with Gasteiger partial charge in [0.15, 0.2) is 15.8 Å². The first-order valence-electron chi connectivity index (χ1n) is 9.42. The van der Waals surface area contributed by atoms with Crippen LogP contribution >= 0.6 is 24.0 Å². The fraction of sp³-hybridized carbons (Fsp3) is 0.824. The molecule has 0 bridgehead atoms. The first-order chi connectivity index (χ1) is 13.0. The number of carbonyl (C=O) groups is 2. The molecule has 1 rings (SSSR count). The Morgan fingerprint density at radius 2 is 1.72 bits per heavy atom. The third kappa shape index (κ3) is 13.5. The average Bonchev–Trinajstić information content (AvgIpc) is 2.89. The third-order valence-electron chi connectivity index (χ3n) is 3.78. The minimum atomic E-state index is -3.00. The van der Waals surface area contributed by atoms with Gasteiger partial charge in [0.2, 0.25) is 5.91 Å². The van der Waals surface area contributed by atoms with Gasteiger partial charge in [-0.2, -0.15) is 0 Å². The lowest BCUT2D eigenvalue weighted by molar-refractivity contribution is -0.121. The molecule has 1 saturated heterocycles. The van der Waals surface area contributed by atoms with E-state index in [1.54, 1.807) is 27.8 Å². The first-order valence-corrected chi connectivity index (χ1v) is 11.2. The van der Waals surface area contributed by atoms with Crippen molar-refractivity contribution >= 4 is 51.8 Å². The van der Waals surface area contributed by atoms with E-state index >= 15 is 0 Å². The Balaban J connectivity index is 0.00000784. The number of nitrogens with one attached hydrogen (secondary N) is 4. The minimum absolute atomic E-state index is 0. The zero-order chi connectivity index (χ0) is 21.2. The number of carbonyl (C=O) groups excluding carboxylic acids is 2. The van der Waals surface area contributed by atoms with Crippen LogP contribution in [0.15, 0.2) is 4.99 Å². The molecule has 0 aliphatic carbocycles. The minimum Gasteiger partial charge on any atom is -0.444 e. The van der Waals surface area contributed by atoms with Gasteiger partial charge in [-0.1, -0.05) is 0 Å². The summed E-state index contributed by atoms with van der Waals surface area (Å²) in [5, 5.41) is 11.5. The highest BCUT2D eigenvalue weighted by molar-refractivity contribution is 14.0. The molecule has 0 aromatic heterocycles. The van der Waals surface area contributed by atoms with Crippen molar-refractivity contribution in [3.05, 3.63) is 0 Å². The van der Waals surface area contributed by atoms with E-state index in [0.717, 1.165) is 0 Å². The maximum absolute atomic E-state index is 11.9. The second kappa shape index (κ2) is 13.1. The Labute approximate surface area is 190 Å². The van der Waals surface area contributed by atoms with Crippen LogP contribution in [0.2, 0.25) is 0 Å². The molecule has 0 saturated carbocycles. The molecule has 0 spiro atoms. The third-order valence-corrected chi connectivity index (χ3v) is 5.55. The van der Waals surface area contributed by atoms with Crippen molar-refractivity contribution in [3.63, 3.8) is 0 Å². The molecule has 170 valence electrons. The summed E-state index contributed by atoms with van der Waals surface area (Å²) in [6.07, 6.45) is 0.923. The number of alkyl carbamates (subject to hydrolysis) is 1. The number of hydrogen-bond acceptors (Lipinski definition) is 6. The number of nitrogens with zero attached hydrogens (tertiary/aromatic N) is 1. The fourth-order valence-corrected chi connectivity index (χ4v) is 4.20. The predicted octanol–water partition coefficient (Wildman–Crippen LogP) is 0.378. The second-order valence-electron chi connectivity index (χ2n) is 7.63. The van der Waals surface area contributed by atoms with Crippen LogP contribution in [0, 0.1) is 0 Å². The summed E-state index contributed by atoms with van der Waals surface area (Å²) >= 11 is 0. The number of aliphatic imine (C=N–C) groups is 1. The summed E-state index contributed by atoms with van der Waals surface area (Å²) < 4.78 is 27.9. The van der Waals surface area contributed by atoms with Gasteiger partial charge >= 0.3 is 6.09 Å². The highest BCUT2D eigenvalue weighted by Crippen LogP contribution is 2.11. The summed E-state index contributed by atoms with van der Waals surface area (Å²) in [6.45, 7) is 6.84. The van der Waals surface area contributed by atoms with Gasteiger partial charge in [-0.25, -0.2) is 13.2 Å². The molecule has 1 aliphatic heterocycles. The summed E-state index contributed by atoms with van der Waals surface area (Å²) in [5.74, 6) is 0.516. The normalized spacial score (nSPS) is 18.3. The van der Waals surface area contributed by atoms with Gasteiger partial charge in [0.25, 0.3) is 0 Å². The summed E-state index contributed by atoms with van der Waals surface area (Å²) in [6, 6.07) is -0.285. The predicted molar refractivity (Wildman–Crippen MR) is 123 cm³/mol. The molecule has 0 radical (unpaired) electrons. The Morgan fingerprint density at radius 1 is 1.10 bits per heavy atom. The largest absolute Gasteiger partial charge is 0.444 e. The Kier molecular flexibility index (Phi) is 12.5. The van der Waals surface area contributed by atoms with Crippen LogP contribution in [0.25, 0.3) is 0 Å². The SMILES string of the molecule is CN=C(NCCCNC(=O)OC(C)(C)C)NCCC(=O)NC1CCS(=O)(=O)C1.I. The summed E-state index contributed by atoms with van der Waals surface area (Å²) in [7, 11) is -1.38. The highest BCUT2D eigenvalue weighted by Gasteiger charge is 2.28. The molecule has 0 aromatic carbocycles. The quantitative estimate of drug-likeness (QED) is 0.149. The summed E-state index contributed by atoms with van der Waals surface area (Å²) in [4.78, 5) is 27.5. The van der Waals surface area contributed by atoms with E-state index in [-0.39, 0.29) is 53.9 Å². The van der Waals surface area contributed by atoms with E-state index in [0.29, 0.717) is 38.4 Å². The van der Waals surface area contributed by atoms with E-state index in [2.05, 4.69) is 26.3 Å². The smallest absolute Gasteiger partial charge is 0.407 e. The van der Waals surface area contributed by atoms with Crippen LogP contribution in [0.4, 0.5) is 4.79 Å². The van der Waals surface area contributed by atoms with Crippen LogP contribution in [0.1, 0.15) is 40.0 Å². The van der Waals surface area contributed by atoms with Crippen molar-refractivity contribution in [2.24, 2.45) is 4.99 Å². The maximum Gasteiger partial charge on any atom is 0.407 e. The zero-order valence-electron chi connectivity index (χ0n) is 17.5. The maximum atomic E-state index is 11.9. The van der Waals surface area contributed by atoms with Crippen molar-refractivity contribution < 1.29 is 22.7 Å². The number of sulfone groups is 1. The molecule has 10 nitrogen and oxygen atoms in total. The molecule has 1 unspecified atom stereocenters. The van der Waals surface area contributed by atoms with Crippen LogP contribution in [-0.2, 0) is 19.4 Å². The van der Waals surface area contributed by atoms with Crippen molar-refractivity contribution in [2.45, 2.75) is 51.7 Å². The lowest BCUT2D eigenvalue weighted by atomic mass is 10.2. The van der Waals surface area contributed by atoms with E-state index in [1.807, 2.05) is 0 Å². The topological polar surface area (TPSA) is 138 Å². The van der Waals surface area contributed by atoms with E-state index in [9.17, 15) is 18.0 Å². The standard InChI is InChI=1S/C17H33N5O5S.HI/c1-17(2,3)27-16(24)21-9-5-8-19-15(18-4)20-10-6-14(23)22-13-7-11-28(25,26)12-13;/h13H,5-12H2,1-4H3,(H,21,24)(H,22,23)(H2,18,19,20);1H. The van der Waals surface area contributed by atoms with Crippen LogP contribution < -0.4 is 21.3 Å². The van der Waals surface area contributed by atoms with Gasteiger partial charge < -0.3 is 26.0 Å². The van der Waals surface area contributed by atoms with Gasteiger partial charge in [-0.05, 0) is 33.6 Å². The second-order valence-corrected chi connectivity index (χ2v) is 9.85. The zero-order valence-corrected chi connectivity index (χ0v) is 20.7. The molecule has 29 heavy (non-hydrogen) atoms. The lowest BCUT2D eigenvalue weighted by Crippen LogP contribution is -2.42. The fourth-order valence-electron chi connectivity index (χ4n) is 2.52.